The Balaban J connectivity index is 1.79. The van der Waals surface area contributed by atoms with Crippen LogP contribution in [0, 0.1) is 0 Å². The quantitative estimate of drug-likeness (QED) is 0.764. The Kier molecular flexibility index (Phi) is 3.22. The number of H-pyrrole nitrogens is 1. The number of pyridine rings is 1. The molecule has 2 aromatic heterocycles. The molecule has 16 heavy (non-hydrogen) atoms. The molecule has 0 atom stereocenters. The van der Waals surface area contributed by atoms with Crippen LogP contribution in [0.4, 0.5) is 0 Å². The molecule has 2 heterocycles. The molecule has 0 saturated heterocycles. The summed E-state index contributed by atoms with van der Waals surface area (Å²) in [6, 6.07) is 5.70. The van der Waals surface area contributed by atoms with E-state index in [1.54, 1.807) is 6.20 Å². The molecule has 6 heteroatoms. The maximum Gasteiger partial charge on any atom is 0.273 e. The van der Waals surface area contributed by atoms with Crippen LogP contribution in [-0.4, -0.2) is 32.8 Å². The SMILES string of the molecule is O=C(NCCc1ccccn1)c1cn[nH]n1. The molecule has 0 saturated carbocycles. The minimum atomic E-state index is -0.232. The number of aromatic amines is 1. The number of carbonyl (C=O) groups excluding carboxylic acids is 1. The number of nitrogens with zero attached hydrogens (tertiary/aromatic N) is 3. The molecule has 0 aliphatic carbocycles. The van der Waals surface area contributed by atoms with E-state index in [9.17, 15) is 4.79 Å². The zero-order valence-electron chi connectivity index (χ0n) is 8.55. The average molecular weight is 217 g/mol. The molecule has 0 spiro atoms. The molecule has 1 amide bonds. The fourth-order valence-corrected chi connectivity index (χ4v) is 1.25. The summed E-state index contributed by atoms with van der Waals surface area (Å²) in [5.41, 5.74) is 1.24. The second kappa shape index (κ2) is 5.01. The third-order valence-corrected chi connectivity index (χ3v) is 2.04. The van der Waals surface area contributed by atoms with Crippen LogP contribution in [0.1, 0.15) is 16.2 Å². The van der Waals surface area contributed by atoms with Crippen molar-refractivity contribution in [3.63, 3.8) is 0 Å². The van der Waals surface area contributed by atoms with Crippen LogP contribution in [-0.2, 0) is 6.42 Å². The van der Waals surface area contributed by atoms with E-state index in [4.69, 9.17) is 0 Å². The Hall–Kier alpha value is -2.24. The molecule has 6 nitrogen and oxygen atoms in total. The molecule has 0 aliphatic rings. The molecule has 82 valence electrons. The maximum atomic E-state index is 11.4. The summed E-state index contributed by atoms with van der Waals surface area (Å²) < 4.78 is 0. The maximum absolute atomic E-state index is 11.4. The van der Waals surface area contributed by atoms with Crippen LogP contribution in [0.15, 0.2) is 30.6 Å². The third kappa shape index (κ3) is 2.63. The molecule has 0 aromatic carbocycles. The molecule has 0 unspecified atom stereocenters. The van der Waals surface area contributed by atoms with Crippen molar-refractivity contribution in [1.82, 2.24) is 25.7 Å². The Bertz CT molecular complexity index is 439. The topological polar surface area (TPSA) is 83.6 Å². The van der Waals surface area contributed by atoms with Gasteiger partial charge in [-0.2, -0.15) is 15.4 Å². The van der Waals surface area contributed by atoms with E-state index in [1.165, 1.54) is 6.20 Å². The van der Waals surface area contributed by atoms with Crippen LogP contribution in [0.3, 0.4) is 0 Å². The van der Waals surface area contributed by atoms with Gasteiger partial charge in [0.1, 0.15) is 0 Å². The lowest BCUT2D eigenvalue weighted by atomic mass is 10.2. The number of nitrogens with one attached hydrogen (secondary N) is 2. The fourth-order valence-electron chi connectivity index (χ4n) is 1.25. The van der Waals surface area contributed by atoms with Crippen molar-refractivity contribution in [3.05, 3.63) is 42.0 Å². The monoisotopic (exact) mass is 217 g/mol. The lowest BCUT2D eigenvalue weighted by molar-refractivity contribution is 0.0949. The number of carbonyl (C=O) groups is 1. The molecule has 0 radical (unpaired) electrons. The van der Waals surface area contributed by atoms with Crippen molar-refractivity contribution in [3.8, 4) is 0 Å². The minimum absolute atomic E-state index is 0.232. The number of hydrogen-bond acceptors (Lipinski definition) is 4. The second-order valence-electron chi connectivity index (χ2n) is 3.18. The van der Waals surface area contributed by atoms with Gasteiger partial charge in [-0.1, -0.05) is 6.07 Å². The van der Waals surface area contributed by atoms with Crippen molar-refractivity contribution in [2.75, 3.05) is 6.54 Å². The Morgan fingerprint density at radius 2 is 2.38 bits per heavy atom. The van der Waals surface area contributed by atoms with Gasteiger partial charge in [-0.15, -0.1) is 0 Å². The van der Waals surface area contributed by atoms with Crippen molar-refractivity contribution in [2.24, 2.45) is 0 Å². The first-order valence-electron chi connectivity index (χ1n) is 4.90. The molecule has 2 rings (SSSR count). The average Bonchev–Trinajstić information content (AvgIpc) is 2.84. The summed E-state index contributed by atoms with van der Waals surface area (Å²) in [7, 11) is 0. The van der Waals surface area contributed by atoms with Crippen LogP contribution in [0.2, 0.25) is 0 Å². The van der Waals surface area contributed by atoms with Gasteiger partial charge in [0.2, 0.25) is 0 Å². The summed E-state index contributed by atoms with van der Waals surface area (Å²) in [4.78, 5) is 15.6. The Morgan fingerprint density at radius 1 is 1.44 bits per heavy atom. The van der Waals surface area contributed by atoms with E-state index in [-0.39, 0.29) is 5.91 Å². The zero-order chi connectivity index (χ0) is 11.2. The lowest BCUT2D eigenvalue weighted by Gasteiger charge is -2.01. The predicted molar refractivity (Wildman–Crippen MR) is 56.7 cm³/mol. The predicted octanol–water partition coefficient (Wildman–Crippen LogP) is 0.172. The van der Waals surface area contributed by atoms with Gasteiger partial charge in [0.25, 0.3) is 5.91 Å². The molecule has 0 bridgehead atoms. The molecular formula is C10H11N5O. The third-order valence-electron chi connectivity index (χ3n) is 2.04. The van der Waals surface area contributed by atoms with Gasteiger partial charge in [0.05, 0.1) is 6.20 Å². The highest BCUT2D eigenvalue weighted by molar-refractivity contribution is 5.91. The van der Waals surface area contributed by atoms with Gasteiger partial charge in [-0.3, -0.25) is 9.78 Å². The first-order chi connectivity index (χ1) is 7.86. The molecule has 2 aromatic rings. The summed E-state index contributed by atoms with van der Waals surface area (Å²) in [6.45, 7) is 0.530. The molecule has 0 fully saturated rings. The Labute approximate surface area is 92.1 Å². The molecule has 2 N–H and O–H groups in total. The molecular weight excluding hydrogens is 206 g/mol. The van der Waals surface area contributed by atoms with Gasteiger partial charge >= 0.3 is 0 Å². The van der Waals surface area contributed by atoms with Crippen molar-refractivity contribution >= 4 is 5.91 Å². The van der Waals surface area contributed by atoms with Crippen molar-refractivity contribution < 1.29 is 4.79 Å². The highest BCUT2D eigenvalue weighted by atomic mass is 16.1. The van der Waals surface area contributed by atoms with Crippen LogP contribution >= 0.6 is 0 Å². The van der Waals surface area contributed by atoms with Crippen molar-refractivity contribution in [2.45, 2.75) is 6.42 Å². The van der Waals surface area contributed by atoms with E-state index in [1.807, 2.05) is 18.2 Å². The van der Waals surface area contributed by atoms with Gasteiger partial charge in [0.15, 0.2) is 5.69 Å². The zero-order valence-corrected chi connectivity index (χ0v) is 8.55. The van der Waals surface area contributed by atoms with E-state index in [0.717, 1.165) is 5.69 Å². The normalized spacial score (nSPS) is 10.0. The first-order valence-corrected chi connectivity index (χ1v) is 4.90. The van der Waals surface area contributed by atoms with E-state index < -0.39 is 0 Å². The van der Waals surface area contributed by atoms with Gasteiger partial charge in [-0.05, 0) is 12.1 Å². The van der Waals surface area contributed by atoms with Crippen molar-refractivity contribution in [1.29, 1.82) is 0 Å². The summed E-state index contributed by atoms with van der Waals surface area (Å²) >= 11 is 0. The second-order valence-corrected chi connectivity index (χ2v) is 3.18. The number of amides is 1. The highest BCUT2D eigenvalue weighted by Gasteiger charge is 2.06. The number of aromatic nitrogens is 4. The minimum Gasteiger partial charge on any atom is -0.350 e. The van der Waals surface area contributed by atoms with E-state index in [0.29, 0.717) is 18.7 Å². The molecule has 0 aliphatic heterocycles. The highest BCUT2D eigenvalue weighted by Crippen LogP contribution is 1.94. The fraction of sp³-hybridized carbons (Fsp3) is 0.200. The van der Waals surface area contributed by atoms with Crippen LogP contribution < -0.4 is 5.32 Å². The largest absolute Gasteiger partial charge is 0.350 e. The van der Waals surface area contributed by atoms with Gasteiger partial charge in [0, 0.05) is 24.9 Å². The lowest BCUT2D eigenvalue weighted by Crippen LogP contribution is -2.26. The van der Waals surface area contributed by atoms with Crippen LogP contribution in [0.25, 0.3) is 0 Å². The summed E-state index contributed by atoms with van der Waals surface area (Å²) in [5.74, 6) is -0.232. The van der Waals surface area contributed by atoms with E-state index >= 15 is 0 Å². The number of hydrogen-bond donors (Lipinski definition) is 2. The van der Waals surface area contributed by atoms with Gasteiger partial charge in [-0.25, -0.2) is 0 Å². The number of rotatable bonds is 4. The standard InChI is InChI=1S/C10H11N5O/c16-10(9-7-13-15-14-9)12-6-4-8-3-1-2-5-11-8/h1-3,5,7H,4,6H2,(H,12,16)(H,13,14,15). The smallest absolute Gasteiger partial charge is 0.273 e. The first kappa shape index (κ1) is 10.3. The van der Waals surface area contributed by atoms with Gasteiger partial charge < -0.3 is 5.32 Å². The summed E-state index contributed by atoms with van der Waals surface area (Å²) in [6.07, 6.45) is 3.81. The summed E-state index contributed by atoms with van der Waals surface area (Å²) in [5, 5.41) is 12.4. The Morgan fingerprint density at radius 3 is 3.06 bits per heavy atom. The van der Waals surface area contributed by atoms with Crippen LogP contribution in [0.5, 0.6) is 0 Å². The van der Waals surface area contributed by atoms with E-state index in [2.05, 4.69) is 25.7 Å².